The number of sulfonamides is 1. The molecular formula is C11H13N3O4S. The van der Waals surface area contributed by atoms with E-state index in [0.29, 0.717) is 5.69 Å². The van der Waals surface area contributed by atoms with Gasteiger partial charge in [-0.25, -0.2) is 13.2 Å². The van der Waals surface area contributed by atoms with Gasteiger partial charge in [-0.1, -0.05) is 12.1 Å². The van der Waals surface area contributed by atoms with E-state index in [-0.39, 0.29) is 5.69 Å². The van der Waals surface area contributed by atoms with Crippen molar-refractivity contribution in [3.8, 4) is 5.88 Å². The number of aromatic nitrogens is 2. The number of hydrogen-bond acceptors (Lipinski definition) is 4. The molecule has 0 aliphatic rings. The minimum Gasteiger partial charge on any atom is -0.493 e. The van der Waals surface area contributed by atoms with Crippen LogP contribution in [0.5, 0.6) is 5.88 Å². The molecule has 1 aromatic heterocycles. The molecule has 2 aromatic rings. The van der Waals surface area contributed by atoms with Crippen molar-refractivity contribution in [1.29, 1.82) is 0 Å². The zero-order chi connectivity index (χ0) is 14.0. The Kier molecular flexibility index (Phi) is 3.34. The van der Waals surface area contributed by atoms with E-state index in [1.165, 1.54) is 0 Å². The van der Waals surface area contributed by atoms with Crippen LogP contribution in [0, 0.1) is 6.92 Å². The van der Waals surface area contributed by atoms with Crippen LogP contribution in [0.25, 0.3) is 0 Å². The largest absolute Gasteiger partial charge is 0.493 e. The van der Waals surface area contributed by atoms with Gasteiger partial charge in [0.1, 0.15) is 5.75 Å². The molecule has 0 saturated heterocycles. The molecule has 0 radical (unpaired) electrons. The Hall–Kier alpha value is -2.22. The molecule has 2 rings (SSSR count). The van der Waals surface area contributed by atoms with Crippen LogP contribution >= 0.6 is 0 Å². The molecule has 0 saturated carbocycles. The van der Waals surface area contributed by atoms with Gasteiger partial charge in [0.15, 0.2) is 0 Å². The van der Waals surface area contributed by atoms with Crippen molar-refractivity contribution < 1.29 is 13.5 Å². The smallest absolute Gasteiger partial charge is 0.325 e. The lowest BCUT2D eigenvalue weighted by Gasteiger charge is -2.07. The number of imidazole rings is 1. The van der Waals surface area contributed by atoms with Crippen LogP contribution in [-0.2, 0) is 15.8 Å². The van der Waals surface area contributed by atoms with Crippen molar-refractivity contribution in [2.45, 2.75) is 12.7 Å². The summed E-state index contributed by atoms with van der Waals surface area (Å²) in [5.41, 5.74) is 0.610. The van der Waals surface area contributed by atoms with Gasteiger partial charge in [-0.2, -0.15) is 0 Å². The summed E-state index contributed by atoms with van der Waals surface area (Å²) in [6, 6.07) is 6.86. The molecule has 0 atom stereocenters. The molecule has 1 heterocycles. The third kappa shape index (κ3) is 3.38. The van der Waals surface area contributed by atoms with E-state index in [1.54, 1.807) is 18.2 Å². The number of H-pyrrole nitrogens is 2. The molecule has 19 heavy (non-hydrogen) atoms. The van der Waals surface area contributed by atoms with Crippen molar-refractivity contribution in [2.24, 2.45) is 0 Å². The molecule has 0 aliphatic heterocycles. The van der Waals surface area contributed by atoms with E-state index < -0.39 is 27.3 Å². The van der Waals surface area contributed by atoms with Gasteiger partial charge >= 0.3 is 5.69 Å². The van der Waals surface area contributed by atoms with Gasteiger partial charge in [-0.05, 0) is 24.6 Å². The van der Waals surface area contributed by atoms with Gasteiger partial charge in [0.05, 0.1) is 5.69 Å². The summed E-state index contributed by atoms with van der Waals surface area (Å²) in [6.07, 6.45) is 0. The molecule has 0 amide bonds. The van der Waals surface area contributed by atoms with Crippen molar-refractivity contribution in [1.82, 2.24) is 9.97 Å². The van der Waals surface area contributed by atoms with Gasteiger partial charge in [0, 0.05) is 5.69 Å². The van der Waals surface area contributed by atoms with Crippen molar-refractivity contribution in [2.75, 3.05) is 4.72 Å². The van der Waals surface area contributed by atoms with E-state index in [9.17, 15) is 18.3 Å². The summed E-state index contributed by atoms with van der Waals surface area (Å²) in [7, 11) is -3.71. The Morgan fingerprint density at radius 2 is 2.05 bits per heavy atom. The number of rotatable bonds is 4. The summed E-state index contributed by atoms with van der Waals surface area (Å²) < 4.78 is 26.1. The van der Waals surface area contributed by atoms with Gasteiger partial charge < -0.3 is 10.1 Å². The lowest BCUT2D eigenvalue weighted by atomic mass is 10.2. The monoisotopic (exact) mass is 283 g/mol. The first kappa shape index (κ1) is 13.2. The fourth-order valence-electron chi connectivity index (χ4n) is 1.63. The van der Waals surface area contributed by atoms with Crippen LogP contribution in [0.15, 0.2) is 29.1 Å². The minimum absolute atomic E-state index is 0.0786. The van der Waals surface area contributed by atoms with E-state index in [1.807, 2.05) is 13.0 Å². The van der Waals surface area contributed by atoms with Gasteiger partial charge in [-0.15, -0.1) is 0 Å². The van der Waals surface area contributed by atoms with Crippen molar-refractivity contribution >= 4 is 15.7 Å². The quantitative estimate of drug-likeness (QED) is 0.659. The lowest BCUT2D eigenvalue weighted by molar-refractivity contribution is 0.450. The summed E-state index contributed by atoms with van der Waals surface area (Å²) >= 11 is 0. The molecule has 0 unspecified atom stereocenters. The fraction of sp³-hybridized carbons (Fsp3) is 0.182. The number of nitrogens with one attached hydrogen (secondary N) is 3. The number of aryl methyl sites for hydroxylation is 1. The van der Waals surface area contributed by atoms with Crippen LogP contribution in [0.1, 0.15) is 11.3 Å². The predicted octanol–water partition coefficient (Wildman–Crippen LogP) is 0.659. The third-order valence-corrected chi connectivity index (χ3v) is 3.62. The predicted molar refractivity (Wildman–Crippen MR) is 70.5 cm³/mol. The van der Waals surface area contributed by atoms with E-state index in [0.717, 1.165) is 5.56 Å². The Morgan fingerprint density at radius 1 is 1.32 bits per heavy atom. The molecule has 0 aliphatic carbocycles. The maximum Gasteiger partial charge on any atom is 0.325 e. The van der Waals surface area contributed by atoms with Gasteiger partial charge in [0.25, 0.3) is 0 Å². The lowest BCUT2D eigenvalue weighted by Crippen LogP contribution is -2.16. The SMILES string of the molecule is Cc1cccc(NS(=O)(=O)Cc2[nH]c(=O)[nH]c2O)c1. The number of anilines is 1. The van der Waals surface area contributed by atoms with Gasteiger partial charge in [-0.3, -0.25) is 9.71 Å². The van der Waals surface area contributed by atoms with Crippen LogP contribution in [0.3, 0.4) is 0 Å². The van der Waals surface area contributed by atoms with Gasteiger partial charge in [0.2, 0.25) is 15.9 Å². The standard InChI is InChI=1S/C11H13N3O4S/c1-7-3-2-4-8(5-7)14-19(17,18)6-9-10(15)13-11(16)12-9/h2-5,14-15H,6H2,1H3,(H2,12,13,16). The highest BCUT2D eigenvalue weighted by Crippen LogP contribution is 2.16. The molecule has 4 N–H and O–H groups in total. The second-order valence-corrected chi connectivity index (χ2v) is 5.86. The molecular weight excluding hydrogens is 270 g/mol. The molecule has 102 valence electrons. The first-order valence-corrected chi connectivity index (χ1v) is 7.08. The third-order valence-electron chi connectivity index (χ3n) is 2.41. The average molecular weight is 283 g/mol. The highest BCUT2D eigenvalue weighted by molar-refractivity contribution is 7.91. The number of aromatic hydroxyl groups is 1. The Labute approximate surface area is 109 Å². The average Bonchev–Trinajstić information content (AvgIpc) is 2.55. The second-order valence-electron chi connectivity index (χ2n) is 4.14. The van der Waals surface area contributed by atoms with Crippen molar-refractivity contribution in [3.05, 3.63) is 46.0 Å². The van der Waals surface area contributed by atoms with E-state index in [4.69, 9.17) is 0 Å². The molecule has 0 fully saturated rings. The number of aromatic amines is 2. The van der Waals surface area contributed by atoms with Crippen LogP contribution in [0.4, 0.5) is 5.69 Å². The summed E-state index contributed by atoms with van der Waals surface area (Å²) in [5, 5.41) is 9.33. The fourth-order valence-corrected chi connectivity index (χ4v) is 2.78. The molecule has 1 aromatic carbocycles. The topological polar surface area (TPSA) is 115 Å². The molecule has 8 heteroatoms. The molecule has 0 spiro atoms. The zero-order valence-corrected chi connectivity index (χ0v) is 10.9. The van der Waals surface area contributed by atoms with E-state index >= 15 is 0 Å². The molecule has 0 bridgehead atoms. The molecule has 7 nitrogen and oxygen atoms in total. The van der Waals surface area contributed by atoms with Crippen LogP contribution in [0.2, 0.25) is 0 Å². The zero-order valence-electron chi connectivity index (χ0n) is 10.1. The Morgan fingerprint density at radius 3 is 2.63 bits per heavy atom. The maximum absolute atomic E-state index is 11.9. The number of hydrogen-bond donors (Lipinski definition) is 4. The number of benzene rings is 1. The Balaban J connectivity index is 2.20. The normalized spacial score (nSPS) is 11.4. The van der Waals surface area contributed by atoms with Crippen molar-refractivity contribution in [3.63, 3.8) is 0 Å². The maximum atomic E-state index is 11.9. The summed E-state index contributed by atoms with van der Waals surface area (Å²) in [4.78, 5) is 15.2. The summed E-state index contributed by atoms with van der Waals surface area (Å²) in [6.45, 7) is 1.84. The summed E-state index contributed by atoms with van der Waals surface area (Å²) in [5.74, 6) is -0.995. The minimum atomic E-state index is -3.71. The highest BCUT2D eigenvalue weighted by Gasteiger charge is 2.16. The Bertz CT molecular complexity index is 745. The first-order valence-electron chi connectivity index (χ1n) is 5.43. The highest BCUT2D eigenvalue weighted by atomic mass is 32.2. The second kappa shape index (κ2) is 4.81. The first-order chi connectivity index (χ1) is 8.85. The van der Waals surface area contributed by atoms with Crippen LogP contribution < -0.4 is 10.4 Å². The van der Waals surface area contributed by atoms with E-state index in [2.05, 4.69) is 14.7 Å². The van der Waals surface area contributed by atoms with Crippen LogP contribution in [-0.4, -0.2) is 23.5 Å².